The van der Waals surface area contributed by atoms with E-state index in [1.165, 1.54) is 5.57 Å². The summed E-state index contributed by atoms with van der Waals surface area (Å²) in [5.74, 6) is 0.0529. The van der Waals surface area contributed by atoms with Crippen LogP contribution in [0.2, 0.25) is 0 Å². The summed E-state index contributed by atoms with van der Waals surface area (Å²) in [6.45, 7) is 13.9. The molecule has 0 bridgehead atoms. The van der Waals surface area contributed by atoms with Crippen molar-refractivity contribution in [3.8, 4) is 0 Å². The van der Waals surface area contributed by atoms with Gasteiger partial charge in [0.2, 0.25) is 0 Å². The second-order valence-corrected chi connectivity index (χ2v) is 17.3. The topological polar surface area (TPSA) is 137 Å². The van der Waals surface area contributed by atoms with Crippen LogP contribution in [0.25, 0.3) is 0 Å². The Hall–Kier alpha value is -1.03. The van der Waals surface area contributed by atoms with Gasteiger partial charge in [-0.1, -0.05) is 53.2 Å². The molecule has 0 amide bonds. The van der Waals surface area contributed by atoms with Crippen LogP contribution in [0.4, 0.5) is 0 Å². The number of rotatable bonds is 4. The summed E-state index contributed by atoms with van der Waals surface area (Å²) in [4.78, 5) is 12.9. The molecule has 4 saturated carbocycles. The molecule has 6 aliphatic rings. The number of ether oxygens (including phenoxy) is 2. The third kappa shape index (κ3) is 4.32. The average Bonchev–Trinajstić information content (AvgIpc) is 2.94. The van der Waals surface area contributed by atoms with Gasteiger partial charge in [0.25, 0.3) is 0 Å². The molecule has 5 fully saturated rings. The molecule has 0 aromatic rings. The van der Waals surface area contributed by atoms with Gasteiger partial charge in [0, 0.05) is 5.41 Å². The lowest BCUT2D eigenvalue weighted by molar-refractivity contribution is -0.312. The quantitative estimate of drug-likeness (QED) is 0.231. The van der Waals surface area contributed by atoms with Crippen molar-refractivity contribution >= 4 is 5.97 Å². The molecule has 6 rings (SSSR count). The van der Waals surface area contributed by atoms with E-state index >= 15 is 0 Å². The number of aliphatic hydroxyl groups excluding tert-OH is 4. The van der Waals surface area contributed by atoms with Crippen LogP contribution in [0, 0.1) is 50.2 Å². The largest absolute Gasteiger partial charge is 0.481 e. The van der Waals surface area contributed by atoms with Gasteiger partial charge in [-0.2, -0.15) is 0 Å². The van der Waals surface area contributed by atoms with Crippen LogP contribution < -0.4 is 0 Å². The normalized spacial score (nSPS) is 54.3. The maximum atomic E-state index is 12.9. The van der Waals surface area contributed by atoms with E-state index in [0.717, 1.165) is 57.8 Å². The fourth-order valence-corrected chi connectivity index (χ4v) is 11.9. The number of carbonyl (C=O) groups is 1. The molecule has 1 aliphatic heterocycles. The molecule has 5 N–H and O–H groups in total. The van der Waals surface area contributed by atoms with Crippen molar-refractivity contribution in [1.29, 1.82) is 0 Å². The smallest absolute Gasteiger partial charge is 0.310 e. The Balaban J connectivity index is 1.32. The van der Waals surface area contributed by atoms with E-state index in [1.54, 1.807) is 0 Å². The minimum Gasteiger partial charge on any atom is -0.481 e. The van der Waals surface area contributed by atoms with Crippen molar-refractivity contribution in [2.24, 2.45) is 50.2 Å². The predicted octanol–water partition coefficient (Wildman–Crippen LogP) is 4.67. The Morgan fingerprint density at radius 3 is 2.30 bits per heavy atom. The fourth-order valence-electron chi connectivity index (χ4n) is 11.9. The third-order valence-electron chi connectivity index (χ3n) is 14.9. The standard InChI is InChI=1S/C35H56O8/c1-30(2)13-15-35(29(40)41)16-14-33(5)20(21(35)17-30)7-8-24-31(3)11-10-25(43-28-27(39)26(38)22(37)18-42-28)32(4,19-36)23(31)9-12-34(24,33)6/h7,21-28,36-39H,8-19H2,1-6H3,(H,40,41)/t21?,22-,23?,24?,25-,26+,27+,28-,31-,32-,33?,34?,35?/m0/s1. The number of aliphatic carboxylic acids is 1. The van der Waals surface area contributed by atoms with Gasteiger partial charge in [-0.05, 0) is 104 Å². The molecular formula is C35H56O8. The molecular weight excluding hydrogens is 548 g/mol. The lowest BCUT2D eigenvalue weighted by Crippen LogP contribution is -2.66. The molecule has 8 heteroatoms. The van der Waals surface area contributed by atoms with Gasteiger partial charge in [-0.15, -0.1) is 0 Å². The molecule has 6 unspecified atom stereocenters. The van der Waals surface area contributed by atoms with Crippen molar-refractivity contribution < 1.29 is 39.8 Å². The zero-order valence-electron chi connectivity index (χ0n) is 27.1. The minimum absolute atomic E-state index is 0.0154. The molecule has 1 saturated heterocycles. The Bertz CT molecular complexity index is 1150. The number of hydrogen-bond acceptors (Lipinski definition) is 7. The van der Waals surface area contributed by atoms with Crippen LogP contribution in [0.1, 0.15) is 106 Å². The van der Waals surface area contributed by atoms with E-state index in [0.29, 0.717) is 12.3 Å². The predicted molar refractivity (Wildman–Crippen MR) is 161 cm³/mol. The first-order valence-corrected chi connectivity index (χ1v) is 16.9. The molecule has 0 radical (unpaired) electrons. The van der Waals surface area contributed by atoms with E-state index in [2.05, 4.69) is 47.6 Å². The van der Waals surface area contributed by atoms with Gasteiger partial charge in [0.15, 0.2) is 6.29 Å². The van der Waals surface area contributed by atoms with Gasteiger partial charge >= 0.3 is 5.97 Å². The Morgan fingerprint density at radius 1 is 0.930 bits per heavy atom. The first-order chi connectivity index (χ1) is 20.0. The highest BCUT2D eigenvalue weighted by molar-refractivity contribution is 5.76. The number of aliphatic hydroxyl groups is 4. The second kappa shape index (κ2) is 10.2. The number of carboxylic acids is 1. The van der Waals surface area contributed by atoms with Crippen LogP contribution in [0.15, 0.2) is 11.6 Å². The summed E-state index contributed by atoms with van der Waals surface area (Å²) in [6, 6.07) is 0. The summed E-state index contributed by atoms with van der Waals surface area (Å²) < 4.78 is 12.0. The van der Waals surface area contributed by atoms with Crippen LogP contribution in [0.5, 0.6) is 0 Å². The summed E-state index contributed by atoms with van der Waals surface area (Å²) >= 11 is 0. The van der Waals surface area contributed by atoms with Crippen LogP contribution in [0.3, 0.4) is 0 Å². The average molecular weight is 605 g/mol. The van der Waals surface area contributed by atoms with Crippen LogP contribution >= 0.6 is 0 Å². The van der Waals surface area contributed by atoms with E-state index in [1.807, 2.05) is 0 Å². The number of allylic oxidation sites excluding steroid dienone is 2. The van der Waals surface area contributed by atoms with Crippen molar-refractivity contribution in [2.45, 2.75) is 136 Å². The SMILES string of the molecule is CC1(C)CCC2(C(=O)O)CCC3(C)C(=CCC4C3(C)CCC3[C@]4(C)CC[C@H](O[C@@H]4OC[C@H](O)[C@@H](O)[C@H]4O)[C@@]3(C)CO)C2C1. The lowest BCUT2D eigenvalue weighted by Gasteiger charge is -2.71. The van der Waals surface area contributed by atoms with Gasteiger partial charge in [0.1, 0.15) is 18.3 Å². The summed E-state index contributed by atoms with van der Waals surface area (Å²) in [7, 11) is 0. The van der Waals surface area contributed by atoms with Gasteiger partial charge in [0.05, 0.1) is 24.7 Å². The highest BCUT2D eigenvalue weighted by Crippen LogP contribution is 2.76. The van der Waals surface area contributed by atoms with Crippen molar-refractivity contribution in [3.63, 3.8) is 0 Å². The van der Waals surface area contributed by atoms with E-state index in [9.17, 15) is 30.3 Å². The maximum absolute atomic E-state index is 12.9. The Labute approximate surface area is 257 Å². The van der Waals surface area contributed by atoms with Gasteiger partial charge in [-0.25, -0.2) is 0 Å². The van der Waals surface area contributed by atoms with Crippen molar-refractivity contribution in [2.75, 3.05) is 13.2 Å². The van der Waals surface area contributed by atoms with Crippen molar-refractivity contribution in [1.82, 2.24) is 0 Å². The fraction of sp³-hybridized carbons (Fsp3) is 0.914. The first kappa shape index (κ1) is 31.9. The highest BCUT2D eigenvalue weighted by Gasteiger charge is 2.70. The Morgan fingerprint density at radius 2 is 1.63 bits per heavy atom. The lowest BCUT2D eigenvalue weighted by atomic mass is 9.33. The summed E-state index contributed by atoms with van der Waals surface area (Å²) in [5.41, 5.74) is 0.232. The minimum atomic E-state index is -1.36. The summed E-state index contributed by atoms with van der Waals surface area (Å²) in [5, 5.41) is 52.3. The van der Waals surface area contributed by atoms with E-state index in [-0.39, 0.29) is 52.8 Å². The second-order valence-electron chi connectivity index (χ2n) is 17.3. The molecule has 1 heterocycles. The van der Waals surface area contributed by atoms with Crippen LogP contribution in [-0.2, 0) is 14.3 Å². The zero-order valence-corrected chi connectivity index (χ0v) is 27.1. The molecule has 5 aliphatic carbocycles. The number of carboxylic acid groups (broad SMARTS) is 1. The van der Waals surface area contributed by atoms with E-state index in [4.69, 9.17) is 9.47 Å². The number of hydrogen-bond donors (Lipinski definition) is 5. The van der Waals surface area contributed by atoms with E-state index < -0.39 is 41.4 Å². The summed E-state index contributed by atoms with van der Waals surface area (Å²) in [6.07, 6.45) is 6.03. The molecule has 0 spiro atoms. The third-order valence-corrected chi connectivity index (χ3v) is 14.9. The van der Waals surface area contributed by atoms with Crippen molar-refractivity contribution in [3.05, 3.63) is 11.6 Å². The maximum Gasteiger partial charge on any atom is 0.310 e. The van der Waals surface area contributed by atoms with Gasteiger partial charge < -0.3 is 35.0 Å². The molecule has 8 nitrogen and oxygen atoms in total. The molecule has 43 heavy (non-hydrogen) atoms. The highest BCUT2D eigenvalue weighted by atomic mass is 16.7. The zero-order chi connectivity index (χ0) is 31.4. The van der Waals surface area contributed by atoms with Crippen LogP contribution in [-0.4, -0.2) is 75.4 Å². The monoisotopic (exact) mass is 604 g/mol. The number of fused-ring (bicyclic) bond motifs is 7. The first-order valence-electron chi connectivity index (χ1n) is 16.9. The molecule has 0 aromatic heterocycles. The molecule has 244 valence electrons. The molecule has 13 atom stereocenters. The molecule has 0 aromatic carbocycles. The van der Waals surface area contributed by atoms with Gasteiger partial charge in [-0.3, -0.25) is 4.79 Å². The Kier molecular flexibility index (Phi) is 7.60.